The zero-order valence-corrected chi connectivity index (χ0v) is 15.2. The smallest absolute Gasteiger partial charge is 0.387 e. The van der Waals surface area contributed by atoms with E-state index >= 15 is 0 Å². The fraction of sp³-hybridized carbons (Fsp3) is 0.250. The molecule has 0 aliphatic carbocycles. The zero-order chi connectivity index (χ0) is 20.4. The van der Waals surface area contributed by atoms with Gasteiger partial charge < -0.3 is 19.1 Å². The van der Waals surface area contributed by atoms with E-state index in [1.807, 2.05) is 0 Å². The standard InChI is InChI=1S/C20H18F3NO4/c1-11-14(8-19(25)26)15-7-18(27-2)16(21)9-17(15)24(11)10-12-3-5-13(6-4-12)28-20(22)23/h3-7,9,20H,8,10H2,1-2H3,(H,25,26). The Morgan fingerprint density at radius 2 is 1.89 bits per heavy atom. The molecule has 8 heteroatoms. The number of rotatable bonds is 7. The summed E-state index contributed by atoms with van der Waals surface area (Å²) in [6.07, 6.45) is -0.217. The number of aromatic nitrogens is 1. The maximum atomic E-state index is 14.3. The van der Waals surface area contributed by atoms with E-state index in [0.29, 0.717) is 28.7 Å². The molecule has 0 radical (unpaired) electrons. The third-order valence-electron chi connectivity index (χ3n) is 4.54. The number of carbonyl (C=O) groups is 1. The van der Waals surface area contributed by atoms with E-state index in [0.717, 1.165) is 5.56 Å². The first-order valence-electron chi connectivity index (χ1n) is 8.41. The van der Waals surface area contributed by atoms with Gasteiger partial charge >= 0.3 is 12.6 Å². The number of hydrogen-bond donors (Lipinski definition) is 1. The fourth-order valence-electron chi connectivity index (χ4n) is 3.24. The van der Waals surface area contributed by atoms with E-state index in [4.69, 9.17) is 4.74 Å². The van der Waals surface area contributed by atoms with Crippen molar-refractivity contribution in [1.29, 1.82) is 0 Å². The van der Waals surface area contributed by atoms with Crippen LogP contribution >= 0.6 is 0 Å². The SMILES string of the molecule is COc1cc2c(CC(=O)O)c(C)n(Cc3ccc(OC(F)F)cc3)c2cc1F. The molecule has 1 heterocycles. The summed E-state index contributed by atoms with van der Waals surface area (Å²) in [5.74, 6) is -1.49. The number of carboxylic acids is 1. The highest BCUT2D eigenvalue weighted by atomic mass is 19.3. The number of fused-ring (bicyclic) bond motifs is 1. The van der Waals surface area contributed by atoms with Crippen LogP contribution in [0, 0.1) is 12.7 Å². The van der Waals surface area contributed by atoms with Gasteiger partial charge in [0, 0.05) is 23.7 Å². The van der Waals surface area contributed by atoms with Crippen LogP contribution in [0.5, 0.6) is 11.5 Å². The van der Waals surface area contributed by atoms with Gasteiger partial charge in [0.1, 0.15) is 5.75 Å². The molecule has 148 valence electrons. The van der Waals surface area contributed by atoms with E-state index in [2.05, 4.69) is 4.74 Å². The number of hydrogen-bond acceptors (Lipinski definition) is 3. The van der Waals surface area contributed by atoms with E-state index < -0.39 is 18.4 Å². The van der Waals surface area contributed by atoms with Crippen LogP contribution < -0.4 is 9.47 Å². The average molecular weight is 393 g/mol. The molecule has 0 atom stereocenters. The molecule has 0 aliphatic heterocycles. The highest BCUT2D eigenvalue weighted by molar-refractivity contribution is 5.90. The number of aliphatic carboxylic acids is 1. The van der Waals surface area contributed by atoms with Crippen molar-refractivity contribution in [2.24, 2.45) is 0 Å². The van der Waals surface area contributed by atoms with Crippen molar-refractivity contribution < 1.29 is 32.5 Å². The molecule has 2 aromatic carbocycles. The number of halogens is 3. The Morgan fingerprint density at radius 3 is 2.46 bits per heavy atom. The van der Waals surface area contributed by atoms with E-state index in [1.165, 1.54) is 31.4 Å². The molecule has 0 spiro atoms. The third-order valence-corrected chi connectivity index (χ3v) is 4.54. The van der Waals surface area contributed by atoms with Gasteiger partial charge in [0.15, 0.2) is 11.6 Å². The minimum Gasteiger partial charge on any atom is -0.494 e. The Bertz CT molecular complexity index is 1010. The molecule has 0 aliphatic rings. The highest BCUT2D eigenvalue weighted by Crippen LogP contribution is 2.32. The molecule has 3 aromatic rings. The molecule has 1 aromatic heterocycles. The monoisotopic (exact) mass is 393 g/mol. The van der Waals surface area contributed by atoms with Gasteiger partial charge in [0.2, 0.25) is 0 Å². The van der Waals surface area contributed by atoms with Crippen molar-refractivity contribution in [3.05, 3.63) is 59.0 Å². The van der Waals surface area contributed by atoms with Crippen LogP contribution in [0.15, 0.2) is 36.4 Å². The third kappa shape index (κ3) is 3.90. The zero-order valence-electron chi connectivity index (χ0n) is 15.2. The van der Waals surface area contributed by atoms with Gasteiger partial charge in [-0.1, -0.05) is 12.1 Å². The summed E-state index contributed by atoms with van der Waals surface area (Å²) < 4.78 is 50.0. The number of benzene rings is 2. The van der Waals surface area contributed by atoms with Crippen LogP contribution in [0.3, 0.4) is 0 Å². The van der Waals surface area contributed by atoms with Crippen molar-refractivity contribution in [3.8, 4) is 11.5 Å². The van der Waals surface area contributed by atoms with Crippen molar-refractivity contribution in [2.75, 3.05) is 7.11 Å². The number of ether oxygens (including phenoxy) is 2. The fourth-order valence-corrected chi connectivity index (χ4v) is 3.24. The second-order valence-electron chi connectivity index (χ2n) is 6.25. The molecule has 0 unspecified atom stereocenters. The van der Waals surface area contributed by atoms with Gasteiger partial charge in [-0.05, 0) is 36.2 Å². The predicted molar refractivity (Wildman–Crippen MR) is 96.7 cm³/mol. The molecular formula is C20H18F3NO4. The molecule has 28 heavy (non-hydrogen) atoms. The molecule has 0 fully saturated rings. The summed E-state index contributed by atoms with van der Waals surface area (Å²) in [5, 5.41) is 9.84. The van der Waals surface area contributed by atoms with Crippen molar-refractivity contribution in [2.45, 2.75) is 26.5 Å². The van der Waals surface area contributed by atoms with E-state index in [1.54, 1.807) is 23.6 Å². The van der Waals surface area contributed by atoms with Gasteiger partial charge in [-0.15, -0.1) is 0 Å². The second-order valence-corrected chi connectivity index (χ2v) is 6.25. The lowest BCUT2D eigenvalue weighted by Crippen LogP contribution is -2.05. The Labute approximate surface area is 158 Å². The number of nitrogens with zero attached hydrogens (tertiary/aromatic N) is 1. The van der Waals surface area contributed by atoms with Crippen LogP contribution in [-0.4, -0.2) is 29.4 Å². The Hall–Kier alpha value is -3.16. The van der Waals surface area contributed by atoms with Crippen molar-refractivity contribution in [3.63, 3.8) is 0 Å². The van der Waals surface area contributed by atoms with Gasteiger partial charge in [0.25, 0.3) is 0 Å². The van der Waals surface area contributed by atoms with Crippen LogP contribution in [0.1, 0.15) is 16.8 Å². The summed E-state index contributed by atoms with van der Waals surface area (Å²) in [6, 6.07) is 8.89. The minimum absolute atomic E-state index is 0.0322. The number of alkyl halides is 2. The van der Waals surface area contributed by atoms with Crippen molar-refractivity contribution >= 4 is 16.9 Å². The second kappa shape index (κ2) is 7.84. The molecule has 0 amide bonds. The highest BCUT2D eigenvalue weighted by Gasteiger charge is 2.19. The molecule has 0 saturated heterocycles. The number of carboxylic acid groups (broad SMARTS) is 1. The van der Waals surface area contributed by atoms with Crippen LogP contribution in [0.2, 0.25) is 0 Å². The molecule has 3 rings (SSSR count). The first kappa shape index (κ1) is 19.6. The molecule has 1 N–H and O–H groups in total. The van der Waals surface area contributed by atoms with Gasteiger partial charge in [-0.25, -0.2) is 4.39 Å². The van der Waals surface area contributed by atoms with Crippen molar-refractivity contribution in [1.82, 2.24) is 4.57 Å². The Kier molecular flexibility index (Phi) is 5.48. The van der Waals surface area contributed by atoms with Crippen LogP contribution in [-0.2, 0) is 17.8 Å². The maximum absolute atomic E-state index is 14.3. The normalized spacial score (nSPS) is 11.2. The average Bonchev–Trinajstić information content (AvgIpc) is 2.86. The number of methoxy groups -OCH3 is 1. The summed E-state index contributed by atoms with van der Waals surface area (Å²) in [5.41, 5.74) is 2.54. The quantitative estimate of drug-likeness (QED) is 0.647. The van der Waals surface area contributed by atoms with Gasteiger partial charge in [-0.2, -0.15) is 8.78 Å². The topological polar surface area (TPSA) is 60.7 Å². The molecular weight excluding hydrogens is 375 g/mol. The first-order chi connectivity index (χ1) is 13.3. The van der Waals surface area contributed by atoms with Gasteiger partial charge in [-0.3, -0.25) is 4.79 Å². The predicted octanol–water partition coefficient (Wildman–Crippen LogP) is 4.37. The summed E-state index contributed by atoms with van der Waals surface area (Å²) in [6.45, 7) is -0.836. The van der Waals surface area contributed by atoms with E-state index in [9.17, 15) is 23.1 Å². The molecule has 0 bridgehead atoms. The lowest BCUT2D eigenvalue weighted by atomic mass is 10.1. The Balaban J connectivity index is 2.05. The largest absolute Gasteiger partial charge is 0.494 e. The van der Waals surface area contributed by atoms with E-state index in [-0.39, 0.29) is 17.9 Å². The lowest BCUT2D eigenvalue weighted by molar-refractivity contribution is -0.136. The van der Waals surface area contributed by atoms with Crippen LogP contribution in [0.4, 0.5) is 13.2 Å². The molecule has 0 saturated carbocycles. The summed E-state index contributed by atoms with van der Waals surface area (Å²) in [7, 11) is 1.34. The first-order valence-corrected chi connectivity index (χ1v) is 8.41. The van der Waals surface area contributed by atoms with Crippen LogP contribution in [0.25, 0.3) is 10.9 Å². The summed E-state index contributed by atoms with van der Waals surface area (Å²) in [4.78, 5) is 11.3. The molecule has 5 nitrogen and oxygen atoms in total. The maximum Gasteiger partial charge on any atom is 0.387 e. The lowest BCUT2D eigenvalue weighted by Gasteiger charge is -2.11. The van der Waals surface area contributed by atoms with Gasteiger partial charge in [0.05, 0.1) is 19.0 Å². The minimum atomic E-state index is -2.90. The Morgan fingerprint density at radius 1 is 1.21 bits per heavy atom. The summed E-state index contributed by atoms with van der Waals surface area (Å²) >= 11 is 0.